The van der Waals surface area contributed by atoms with Crippen molar-refractivity contribution in [1.82, 2.24) is 19.7 Å². The summed E-state index contributed by atoms with van der Waals surface area (Å²) in [5.74, 6) is -0.824. The summed E-state index contributed by atoms with van der Waals surface area (Å²) in [6.07, 6.45) is 3.55. The first kappa shape index (κ1) is 16.5. The van der Waals surface area contributed by atoms with Crippen molar-refractivity contribution in [2.45, 2.75) is 38.1 Å². The van der Waals surface area contributed by atoms with Crippen molar-refractivity contribution in [1.29, 1.82) is 0 Å². The van der Waals surface area contributed by atoms with Gasteiger partial charge in [0.2, 0.25) is 5.91 Å². The number of rotatable bonds is 4. The Kier molecular flexibility index (Phi) is 4.59. The molecule has 1 saturated heterocycles. The molecule has 2 heterocycles. The minimum absolute atomic E-state index is 0.0447. The Hall–Kier alpha value is -2.31. The molecule has 24 heavy (non-hydrogen) atoms. The molecule has 1 fully saturated rings. The number of aryl methyl sites for hydroxylation is 1. The Morgan fingerprint density at radius 3 is 2.88 bits per heavy atom. The molecule has 0 saturated carbocycles. The van der Waals surface area contributed by atoms with E-state index in [0.29, 0.717) is 12.1 Å². The normalized spacial score (nSPS) is 18.8. The maximum absolute atomic E-state index is 13.9. The fourth-order valence-corrected chi connectivity index (χ4v) is 3.32. The van der Waals surface area contributed by atoms with Crippen molar-refractivity contribution in [3.63, 3.8) is 0 Å². The van der Waals surface area contributed by atoms with Gasteiger partial charge in [-0.15, -0.1) is 10.2 Å². The molecule has 1 amide bonds. The van der Waals surface area contributed by atoms with E-state index >= 15 is 0 Å². The van der Waals surface area contributed by atoms with Crippen molar-refractivity contribution in [3.8, 4) is 0 Å². The van der Waals surface area contributed by atoms with Crippen LogP contribution in [0.25, 0.3) is 0 Å². The Morgan fingerprint density at radius 1 is 1.42 bits per heavy atom. The first-order valence-electron chi connectivity index (χ1n) is 8.05. The molecular formula is C17H20F2N4O. The van der Waals surface area contributed by atoms with Gasteiger partial charge in [-0.05, 0) is 30.4 Å². The summed E-state index contributed by atoms with van der Waals surface area (Å²) in [7, 11) is 1.85. The number of halogens is 2. The van der Waals surface area contributed by atoms with Crippen LogP contribution in [0, 0.1) is 11.6 Å². The molecule has 0 N–H and O–H groups in total. The molecule has 1 aliphatic rings. The van der Waals surface area contributed by atoms with Gasteiger partial charge in [0.15, 0.2) is 5.82 Å². The number of likely N-dealkylation sites (tertiary alicyclic amines) is 1. The second-order valence-corrected chi connectivity index (χ2v) is 6.32. The lowest BCUT2D eigenvalue weighted by Crippen LogP contribution is -2.32. The fraction of sp³-hybridized carbons (Fsp3) is 0.471. The van der Waals surface area contributed by atoms with Gasteiger partial charge in [0.25, 0.3) is 0 Å². The van der Waals surface area contributed by atoms with E-state index in [2.05, 4.69) is 10.2 Å². The molecule has 2 atom stereocenters. The number of nitrogens with zero attached hydrogens (tertiary/aromatic N) is 4. The summed E-state index contributed by atoms with van der Waals surface area (Å²) in [5.41, 5.74) is 0.360. The highest BCUT2D eigenvalue weighted by Crippen LogP contribution is 2.32. The van der Waals surface area contributed by atoms with Gasteiger partial charge in [-0.1, -0.05) is 13.0 Å². The van der Waals surface area contributed by atoms with E-state index in [0.717, 1.165) is 24.7 Å². The molecule has 1 aromatic carbocycles. The summed E-state index contributed by atoms with van der Waals surface area (Å²) in [6, 6.07) is 3.40. The van der Waals surface area contributed by atoms with Crippen LogP contribution in [0.15, 0.2) is 24.5 Å². The standard InChI is InChI=1S/C17H20F2N4O/c1-11(13-6-5-12(18)9-14(13)19)8-16(24)23-7-3-4-15(23)17-21-20-10-22(17)2/h5-6,9-11,15H,3-4,7-8H2,1-2H3. The van der Waals surface area contributed by atoms with Crippen LogP contribution in [0.5, 0.6) is 0 Å². The Bertz CT molecular complexity index is 746. The van der Waals surface area contributed by atoms with Crippen molar-refractivity contribution in [3.05, 3.63) is 47.5 Å². The molecule has 1 aliphatic heterocycles. The molecular weight excluding hydrogens is 314 g/mol. The average molecular weight is 334 g/mol. The Labute approximate surface area is 139 Å². The van der Waals surface area contributed by atoms with Crippen molar-refractivity contribution < 1.29 is 13.6 Å². The quantitative estimate of drug-likeness (QED) is 0.864. The van der Waals surface area contributed by atoms with Crippen LogP contribution < -0.4 is 0 Å². The molecule has 2 unspecified atom stereocenters. The van der Waals surface area contributed by atoms with Crippen LogP contribution in [-0.2, 0) is 11.8 Å². The summed E-state index contributed by atoms with van der Waals surface area (Å²) >= 11 is 0. The molecule has 1 aromatic heterocycles. The fourth-order valence-electron chi connectivity index (χ4n) is 3.32. The predicted octanol–water partition coefficient (Wildman–Crippen LogP) is 2.95. The van der Waals surface area contributed by atoms with Gasteiger partial charge >= 0.3 is 0 Å². The van der Waals surface area contributed by atoms with Gasteiger partial charge < -0.3 is 9.47 Å². The SMILES string of the molecule is CC(CC(=O)N1CCCC1c1nncn1C)c1ccc(F)cc1F. The number of benzene rings is 1. The first-order chi connectivity index (χ1) is 11.5. The molecule has 0 spiro atoms. The molecule has 0 aliphatic carbocycles. The Balaban J connectivity index is 1.73. The lowest BCUT2D eigenvalue weighted by molar-refractivity contribution is -0.132. The number of carbonyl (C=O) groups excluding carboxylic acids is 1. The average Bonchev–Trinajstić information content (AvgIpc) is 3.15. The largest absolute Gasteiger partial charge is 0.332 e. The highest BCUT2D eigenvalue weighted by atomic mass is 19.1. The van der Waals surface area contributed by atoms with Gasteiger partial charge in [0.1, 0.15) is 18.0 Å². The van der Waals surface area contributed by atoms with Crippen LogP contribution in [0.4, 0.5) is 8.78 Å². The molecule has 3 rings (SSSR count). The smallest absolute Gasteiger partial charge is 0.223 e. The third-order valence-electron chi connectivity index (χ3n) is 4.59. The van der Waals surface area contributed by atoms with E-state index in [1.807, 2.05) is 11.6 Å². The second kappa shape index (κ2) is 6.67. The summed E-state index contributed by atoms with van der Waals surface area (Å²) < 4.78 is 28.7. The third kappa shape index (κ3) is 3.16. The summed E-state index contributed by atoms with van der Waals surface area (Å²) in [6.45, 7) is 2.44. The molecule has 128 valence electrons. The number of aromatic nitrogens is 3. The summed E-state index contributed by atoms with van der Waals surface area (Å²) in [5, 5.41) is 7.99. The third-order valence-corrected chi connectivity index (χ3v) is 4.59. The summed E-state index contributed by atoms with van der Waals surface area (Å²) in [4.78, 5) is 14.5. The molecule has 0 radical (unpaired) electrons. The number of hydrogen-bond acceptors (Lipinski definition) is 3. The van der Waals surface area contributed by atoms with Gasteiger partial charge in [-0.25, -0.2) is 8.78 Å². The van der Waals surface area contributed by atoms with Gasteiger partial charge in [-0.2, -0.15) is 0 Å². The zero-order chi connectivity index (χ0) is 17.3. The van der Waals surface area contributed by atoms with Gasteiger partial charge in [0, 0.05) is 26.1 Å². The minimum Gasteiger partial charge on any atom is -0.332 e. The number of amides is 1. The van der Waals surface area contributed by atoms with Crippen molar-refractivity contribution in [2.75, 3.05) is 6.54 Å². The van der Waals surface area contributed by atoms with Gasteiger partial charge in [0.05, 0.1) is 6.04 Å². The molecule has 0 bridgehead atoms. The minimum atomic E-state index is -0.614. The van der Waals surface area contributed by atoms with Crippen LogP contribution in [0.2, 0.25) is 0 Å². The van der Waals surface area contributed by atoms with Crippen LogP contribution in [0.3, 0.4) is 0 Å². The van der Waals surface area contributed by atoms with Crippen LogP contribution in [0.1, 0.15) is 49.5 Å². The lowest BCUT2D eigenvalue weighted by Gasteiger charge is -2.25. The highest BCUT2D eigenvalue weighted by Gasteiger charge is 2.33. The Morgan fingerprint density at radius 2 is 2.21 bits per heavy atom. The van der Waals surface area contributed by atoms with Crippen LogP contribution in [-0.4, -0.2) is 32.1 Å². The van der Waals surface area contributed by atoms with E-state index < -0.39 is 11.6 Å². The van der Waals surface area contributed by atoms with E-state index in [1.165, 1.54) is 12.1 Å². The predicted molar refractivity (Wildman–Crippen MR) is 84.1 cm³/mol. The van der Waals surface area contributed by atoms with E-state index in [-0.39, 0.29) is 24.3 Å². The van der Waals surface area contributed by atoms with Crippen molar-refractivity contribution in [2.24, 2.45) is 7.05 Å². The monoisotopic (exact) mass is 334 g/mol. The maximum atomic E-state index is 13.9. The van der Waals surface area contributed by atoms with Crippen LogP contribution >= 0.6 is 0 Å². The zero-order valence-electron chi connectivity index (χ0n) is 13.7. The highest BCUT2D eigenvalue weighted by molar-refractivity contribution is 5.77. The van der Waals surface area contributed by atoms with Crippen molar-refractivity contribution >= 4 is 5.91 Å². The first-order valence-corrected chi connectivity index (χ1v) is 8.05. The maximum Gasteiger partial charge on any atom is 0.223 e. The van der Waals surface area contributed by atoms with E-state index in [9.17, 15) is 13.6 Å². The molecule has 2 aromatic rings. The van der Waals surface area contributed by atoms with Gasteiger partial charge in [-0.3, -0.25) is 4.79 Å². The second-order valence-electron chi connectivity index (χ2n) is 6.32. The van der Waals surface area contributed by atoms with E-state index in [4.69, 9.17) is 0 Å². The number of hydrogen-bond donors (Lipinski definition) is 0. The zero-order valence-corrected chi connectivity index (χ0v) is 13.7. The molecule has 5 nitrogen and oxygen atoms in total. The lowest BCUT2D eigenvalue weighted by atomic mass is 9.96. The van der Waals surface area contributed by atoms with E-state index in [1.54, 1.807) is 18.2 Å². The topological polar surface area (TPSA) is 51.0 Å². The number of carbonyl (C=O) groups is 1. The molecule has 7 heteroatoms.